The minimum Gasteiger partial charge on any atom is -1.00 e. The highest BCUT2D eigenvalue weighted by atomic mass is 35.5. The number of hydrogen-bond acceptors (Lipinski definition) is 1. The Balaban J connectivity index is 0.00000169. The van der Waals surface area contributed by atoms with Gasteiger partial charge in [-0.1, -0.05) is 0 Å². The molecule has 1 aromatic rings. The van der Waals surface area contributed by atoms with Crippen LogP contribution >= 0.6 is 0 Å². The van der Waals surface area contributed by atoms with Gasteiger partial charge in [-0.2, -0.15) is 13.2 Å². The molecule has 2 nitrogen and oxygen atoms in total. The van der Waals surface area contributed by atoms with E-state index in [1.54, 1.807) is 0 Å². The smallest absolute Gasteiger partial charge is 0.416 e. The summed E-state index contributed by atoms with van der Waals surface area (Å²) < 4.78 is 35.9. The van der Waals surface area contributed by atoms with Crippen molar-refractivity contribution in [2.75, 3.05) is 0 Å². The van der Waals surface area contributed by atoms with Crippen LogP contribution < -0.4 is 12.4 Å². The number of hydrogen-bond donors (Lipinski definition) is 1. The number of benzene rings is 1. The van der Waals surface area contributed by atoms with Crippen LogP contribution in [0.25, 0.3) is 0 Å². The first-order valence-corrected chi connectivity index (χ1v) is 3.32. The molecule has 1 aromatic carbocycles. The fourth-order valence-corrected chi connectivity index (χ4v) is 0.802. The largest absolute Gasteiger partial charge is 1.00 e. The van der Waals surface area contributed by atoms with E-state index < -0.39 is 17.7 Å². The number of halogens is 4. The summed E-state index contributed by atoms with van der Waals surface area (Å²) in [5, 5.41) is 8.40. The van der Waals surface area contributed by atoms with Crippen LogP contribution in [0.1, 0.15) is 15.9 Å². The maximum atomic E-state index is 12.0. The Morgan fingerprint density at radius 3 is 1.86 bits per heavy atom. The van der Waals surface area contributed by atoms with Gasteiger partial charge in [-0.25, -0.2) is 4.79 Å². The Bertz CT molecular complexity index is 318. The fourth-order valence-electron chi connectivity index (χ4n) is 0.802. The normalized spacial score (nSPS) is 10.5. The van der Waals surface area contributed by atoms with E-state index in [9.17, 15) is 18.0 Å². The Labute approximate surface area is 83.8 Å². The van der Waals surface area contributed by atoms with E-state index in [-0.39, 0.29) is 18.0 Å². The molecule has 0 aliphatic rings. The minimum absolute atomic E-state index is 0. The molecule has 1 rings (SSSR count). The van der Waals surface area contributed by atoms with Crippen LogP contribution in [0.15, 0.2) is 24.3 Å². The summed E-state index contributed by atoms with van der Waals surface area (Å²) >= 11 is 0. The summed E-state index contributed by atoms with van der Waals surface area (Å²) in [6.45, 7) is 0. The first-order chi connectivity index (χ1) is 5.91. The van der Waals surface area contributed by atoms with Gasteiger partial charge in [0.1, 0.15) is 0 Å². The second-order valence-corrected chi connectivity index (χ2v) is 2.38. The van der Waals surface area contributed by atoms with E-state index in [0.29, 0.717) is 0 Å². The molecule has 14 heavy (non-hydrogen) atoms. The number of alkyl halides is 3. The molecule has 78 valence electrons. The molecule has 0 heterocycles. The van der Waals surface area contributed by atoms with Crippen molar-refractivity contribution in [1.82, 2.24) is 0 Å². The highest BCUT2D eigenvalue weighted by molar-refractivity contribution is 5.87. The average Bonchev–Trinajstić information content (AvgIpc) is 2.03. The van der Waals surface area contributed by atoms with Gasteiger partial charge < -0.3 is 17.5 Å². The van der Waals surface area contributed by atoms with Gasteiger partial charge in [-0.15, -0.1) is 0 Å². The van der Waals surface area contributed by atoms with Crippen LogP contribution in [-0.4, -0.2) is 11.1 Å². The third-order valence-electron chi connectivity index (χ3n) is 1.46. The number of carbonyl (C=O) groups is 1. The van der Waals surface area contributed by atoms with Crippen molar-refractivity contribution in [3.63, 3.8) is 0 Å². The summed E-state index contributed by atoms with van der Waals surface area (Å²) in [5.74, 6) is -1.24. The molecular weight excluding hydrogens is 221 g/mol. The molecule has 0 aliphatic carbocycles. The molecule has 0 spiro atoms. The predicted octanol–water partition coefficient (Wildman–Crippen LogP) is -0.592. The highest BCUT2D eigenvalue weighted by Gasteiger charge is 2.30. The van der Waals surface area contributed by atoms with E-state index >= 15 is 0 Å². The van der Waals surface area contributed by atoms with Crippen molar-refractivity contribution in [1.29, 1.82) is 0 Å². The zero-order valence-corrected chi connectivity index (χ0v) is 7.43. The van der Waals surface area contributed by atoms with Crippen molar-refractivity contribution >= 4 is 5.97 Å². The third-order valence-corrected chi connectivity index (χ3v) is 1.46. The quantitative estimate of drug-likeness (QED) is 0.694. The van der Waals surface area contributed by atoms with Crippen LogP contribution in [0.5, 0.6) is 0 Å². The number of aromatic carboxylic acids is 1. The molecule has 6 heteroatoms. The molecule has 0 saturated heterocycles. The Morgan fingerprint density at radius 2 is 1.57 bits per heavy atom. The van der Waals surface area contributed by atoms with Crippen LogP contribution in [0.4, 0.5) is 13.2 Å². The standard InChI is InChI=1S/C8H5F3O2.ClH/c9-8(10,11)6-3-1-5(2-4-6)7(12)13;/h1-4H,(H,12,13);1H/p-1. The lowest BCUT2D eigenvalue weighted by molar-refractivity contribution is -0.137. The maximum absolute atomic E-state index is 12.0. The van der Waals surface area contributed by atoms with Crippen molar-refractivity contribution in [2.45, 2.75) is 6.18 Å². The minimum atomic E-state index is -4.42. The average molecular weight is 226 g/mol. The molecule has 1 N–H and O–H groups in total. The van der Waals surface area contributed by atoms with Crippen LogP contribution in [0, 0.1) is 0 Å². The monoisotopic (exact) mass is 225 g/mol. The van der Waals surface area contributed by atoms with Gasteiger partial charge in [0.2, 0.25) is 0 Å². The fraction of sp³-hybridized carbons (Fsp3) is 0.125. The first-order valence-electron chi connectivity index (χ1n) is 3.32. The van der Waals surface area contributed by atoms with Crippen LogP contribution in [-0.2, 0) is 6.18 Å². The summed E-state index contributed by atoms with van der Waals surface area (Å²) in [7, 11) is 0. The van der Waals surface area contributed by atoms with Gasteiger partial charge in [-0.3, -0.25) is 0 Å². The Hall–Kier alpha value is -1.23. The van der Waals surface area contributed by atoms with Crippen molar-refractivity contribution in [2.24, 2.45) is 0 Å². The molecule has 0 saturated carbocycles. The number of carboxylic acids is 1. The SMILES string of the molecule is O=C(O)c1ccc(C(F)(F)F)cc1.[Cl-]. The molecule has 0 fully saturated rings. The van der Waals surface area contributed by atoms with Gasteiger partial charge in [0.15, 0.2) is 0 Å². The second-order valence-electron chi connectivity index (χ2n) is 2.38. The van der Waals surface area contributed by atoms with Gasteiger partial charge in [0.05, 0.1) is 11.1 Å². The zero-order valence-electron chi connectivity index (χ0n) is 6.68. The summed E-state index contributed by atoms with van der Waals surface area (Å²) in [6.07, 6.45) is -4.42. The molecule has 0 aromatic heterocycles. The van der Waals surface area contributed by atoms with Crippen LogP contribution in [0.3, 0.4) is 0 Å². The Kier molecular flexibility index (Phi) is 3.94. The van der Waals surface area contributed by atoms with Crippen LogP contribution in [0.2, 0.25) is 0 Å². The maximum Gasteiger partial charge on any atom is 0.416 e. The van der Waals surface area contributed by atoms with E-state index in [1.165, 1.54) is 0 Å². The summed E-state index contributed by atoms with van der Waals surface area (Å²) in [5.41, 5.74) is -1.01. The molecule has 0 amide bonds. The van der Waals surface area contributed by atoms with Gasteiger partial charge in [-0.05, 0) is 24.3 Å². The molecule has 0 bridgehead atoms. The lowest BCUT2D eigenvalue weighted by Gasteiger charge is -2.05. The summed E-state index contributed by atoms with van der Waals surface area (Å²) in [6, 6.07) is 3.32. The summed E-state index contributed by atoms with van der Waals surface area (Å²) in [4.78, 5) is 10.3. The number of rotatable bonds is 1. The van der Waals surface area contributed by atoms with Gasteiger partial charge >= 0.3 is 12.1 Å². The van der Waals surface area contributed by atoms with E-state index in [4.69, 9.17) is 5.11 Å². The molecule has 0 aliphatic heterocycles. The lowest BCUT2D eigenvalue weighted by Crippen LogP contribution is -3.00. The topological polar surface area (TPSA) is 37.3 Å². The number of carboxylic acid groups (broad SMARTS) is 1. The zero-order chi connectivity index (χ0) is 10.1. The molecular formula is C8H5ClF3O2-. The van der Waals surface area contributed by atoms with Crippen molar-refractivity contribution in [3.05, 3.63) is 35.4 Å². The van der Waals surface area contributed by atoms with E-state index in [0.717, 1.165) is 24.3 Å². The third kappa shape index (κ3) is 2.92. The van der Waals surface area contributed by atoms with E-state index in [1.807, 2.05) is 0 Å². The van der Waals surface area contributed by atoms with E-state index in [2.05, 4.69) is 0 Å². The van der Waals surface area contributed by atoms with Gasteiger partial charge in [0, 0.05) is 0 Å². The lowest BCUT2D eigenvalue weighted by atomic mass is 10.1. The van der Waals surface area contributed by atoms with Crippen molar-refractivity contribution in [3.8, 4) is 0 Å². The Morgan fingerprint density at radius 1 is 1.14 bits per heavy atom. The highest BCUT2D eigenvalue weighted by Crippen LogP contribution is 2.28. The van der Waals surface area contributed by atoms with Gasteiger partial charge in [0.25, 0.3) is 0 Å². The molecule has 0 unspecified atom stereocenters. The van der Waals surface area contributed by atoms with Crippen molar-refractivity contribution < 1.29 is 35.5 Å². The molecule has 0 radical (unpaired) electrons. The molecule has 0 atom stereocenters. The first kappa shape index (κ1) is 12.8. The predicted molar refractivity (Wildman–Crippen MR) is 38.4 cm³/mol. The second kappa shape index (κ2) is 4.32.